The van der Waals surface area contributed by atoms with Crippen molar-refractivity contribution in [2.45, 2.75) is 18.1 Å². The number of aliphatic carboxylic acids is 1. The van der Waals surface area contributed by atoms with Crippen LogP contribution in [0.2, 0.25) is 0 Å². The van der Waals surface area contributed by atoms with Gasteiger partial charge in [0.1, 0.15) is 0 Å². The first kappa shape index (κ1) is 16.2. The van der Waals surface area contributed by atoms with Crippen LogP contribution in [0.4, 0.5) is 0 Å². The van der Waals surface area contributed by atoms with E-state index in [2.05, 4.69) is 0 Å². The molecule has 0 bridgehead atoms. The van der Waals surface area contributed by atoms with Crippen molar-refractivity contribution in [2.75, 3.05) is 6.26 Å². The molecule has 2 aromatic carbocycles. The molecular formula is C17H18O4S. The number of carboxylic acid groups (broad SMARTS) is 1. The van der Waals surface area contributed by atoms with Gasteiger partial charge in [-0.25, -0.2) is 8.42 Å². The largest absolute Gasteiger partial charge is 0.481 e. The molecule has 2 aromatic rings. The number of hydrogen-bond acceptors (Lipinski definition) is 3. The minimum atomic E-state index is -3.44. The Labute approximate surface area is 130 Å². The Balaban J connectivity index is 2.39. The average Bonchev–Trinajstić information content (AvgIpc) is 2.47. The van der Waals surface area contributed by atoms with Crippen molar-refractivity contribution in [3.05, 3.63) is 60.2 Å². The standard InChI is InChI=1S/C17H18O4S/c1-22(20,21)15(12-17(18)19)11-14-9-5-6-10-16(14)13-7-3-2-4-8-13/h2-10,15H,11-12H2,1H3,(H,18,19). The molecule has 1 N–H and O–H groups in total. The summed E-state index contributed by atoms with van der Waals surface area (Å²) in [6.45, 7) is 0. The van der Waals surface area contributed by atoms with Crippen LogP contribution < -0.4 is 0 Å². The quantitative estimate of drug-likeness (QED) is 0.889. The third kappa shape index (κ3) is 4.18. The van der Waals surface area contributed by atoms with Gasteiger partial charge in [-0.2, -0.15) is 0 Å². The summed E-state index contributed by atoms with van der Waals surface area (Å²) in [5, 5.41) is 8.03. The molecule has 116 valence electrons. The zero-order chi connectivity index (χ0) is 16.2. The number of carbonyl (C=O) groups is 1. The van der Waals surface area contributed by atoms with Crippen molar-refractivity contribution in [1.82, 2.24) is 0 Å². The fraction of sp³-hybridized carbons (Fsp3) is 0.235. The van der Waals surface area contributed by atoms with Gasteiger partial charge >= 0.3 is 5.97 Å². The lowest BCUT2D eigenvalue weighted by Gasteiger charge is -2.16. The van der Waals surface area contributed by atoms with Crippen LogP contribution in [-0.4, -0.2) is 31.0 Å². The van der Waals surface area contributed by atoms with Gasteiger partial charge in [-0.3, -0.25) is 4.79 Å². The Bertz CT molecular complexity index is 751. The van der Waals surface area contributed by atoms with E-state index in [4.69, 9.17) is 5.11 Å². The van der Waals surface area contributed by atoms with Crippen molar-refractivity contribution < 1.29 is 18.3 Å². The number of sulfone groups is 1. The van der Waals surface area contributed by atoms with E-state index < -0.39 is 21.1 Å². The highest BCUT2D eigenvalue weighted by molar-refractivity contribution is 7.91. The third-order valence-electron chi connectivity index (χ3n) is 3.56. The Hall–Kier alpha value is -2.14. The van der Waals surface area contributed by atoms with Crippen LogP contribution in [0.25, 0.3) is 11.1 Å². The molecule has 0 aromatic heterocycles. The molecule has 1 unspecified atom stereocenters. The molecule has 0 saturated carbocycles. The Morgan fingerprint density at radius 1 is 1.05 bits per heavy atom. The van der Waals surface area contributed by atoms with Crippen LogP contribution in [0.3, 0.4) is 0 Å². The second kappa shape index (κ2) is 6.75. The minimum Gasteiger partial charge on any atom is -0.481 e. The van der Waals surface area contributed by atoms with Crippen molar-refractivity contribution in [1.29, 1.82) is 0 Å². The van der Waals surface area contributed by atoms with Gasteiger partial charge in [-0.15, -0.1) is 0 Å². The van der Waals surface area contributed by atoms with E-state index in [0.717, 1.165) is 22.9 Å². The van der Waals surface area contributed by atoms with E-state index in [-0.39, 0.29) is 12.8 Å². The monoisotopic (exact) mass is 318 g/mol. The lowest BCUT2D eigenvalue weighted by Crippen LogP contribution is -2.26. The van der Waals surface area contributed by atoms with Gasteiger partial charge in [-0.1, -0.05) is 54.6 Å². The summed E-state index contributed by atoms with van der Waals surface area (Å²) in [5.74, 6) is -1.10. The van der Waals surface area contributed by atoms with Gasteiger partial charge < -0.3 is 5.11 Å². The minimum absolute atomic E-state index is 0.191. The maximum absolute atomic E-state index is 11.9. The summed E-state index contributed by atoms with van der Waals surface area (Å²) in [7, 11) is -3.44. The first-order chi connectivity index (χ1) is 10.4. The molecule has 22 heavy (non-hydrogen) atoms. The SMILES string of the molecule is CS(=O)(=O)C(CC(=O)O)Cc1ccccc1-c1ccccc1. The highest BCUT2D eigenvalue weighted by Crippen LogP contribution is 2.26. The maximum Gasteiger partial charge on any atom is 0.304 e. The smallest absolute Gasteiger partial charge is 0.304 e. The predicted octanol–water partition coefficient (Wildman–Crippen LogP) is 2.78. The molecule has 4 nitrogen and oxygen atoms in total. The molecule has 0 heterocycles. The van der Waals surface area contributed by atoms with Crippen molar-refractivity contribution >= 4 is 15.8 Å². The predicted molar refractivity (Wildman–Crippen MR) is 86.5 cm³/mol. The van der Waals surface area contributed by atoms with Gasteiger partial charge in [-0.05, 0) is 23.1 Å². The van der Waals surface area contributed by atoms with Gasteiger partial charge in [0.25, 0.3) is 0 Å². The number of carboxylic acids is 1. The molecule has 0 aliphatic rings. The summed E-state index contributed by atoms with van der Waals surface area (Å²) in [5.41, 5.74) is 2.76. The molecule has 2 rings (SSSR count). The van der Waals surface area contributed by atoms with Crippen LogP contribution in [0.5, 0.6) is 0 Å². The van der Waals surface area contributed by atoms with Crippen LogP contribution in [0, 0.1) is 0 Å². The van der Waals surface area contributed by atoms with Crippen LogP contribution >= 0.6 is 0 Å². The van der Waals surface area contributed by atoms with E-state index in [0.29, 0.717) is 0 Å². The Morgan fingerprint density at radius 2 is 1.64 bits per heavy atom. The van der Waals surface area contributed by atoms with E-state index in [1.807, 2.05) is 54.6 Å². The molecule has 0 spiro atoms. The van der Waals surface area contributed by atoms with Crippen molar-refractivity contribution in [3.63, 3.8) is 0 Å². The Kier molecular flexibility index (Phi) is 4.98. The highest BCUT2D eigenvalue weighted by Gasteiger charge is 2.25. The van der Waals surface area contributed by atoms with Gasteiger partial charge in [0.15, 0.2) is 9.84 Å². The van der Waals surface area contributed by atoms with Gasteiger partial charge in [0.05, 0.1) is 11.7 Å². The fourth-order valence-electron chi connectivity index (χ4n) is 2.41. The van der Waals surface area contributed by atoms with Crippen molar-refractivity contribution in [3.8, 4) is 11.1 Å². The van der Waals surface area contributed by atoms with Crippen LogP contribution in [0.15, 0.2) is 54.6 Å². The molecule has 1 atom stereocenters. The van der Waals surface area contributed by atoms with Gasteiger partial charge in [0.2, 0.25) is 0 Å². The molecule has 0 saturated heterocycles. The second-order valence-corrected chi connectivity index (χ2v) is 7.60. The molecule has 0 aliphatic heterocycles. The molecular weight excluding hydrogens is 300 g/mol. The van der Waals surface area contributed by atoms with Crippen LogP contribution in [-0.2, 0) is 21.1 Å². The third-order valence-corrected chi connectivity index (χ3v) is 5.10. The normalized spacial score (nSPS) is 12.8. The first-order valence-corrected chi connectivity index (χ1v) is 8.87. The zero-order valence-electron chi connectivity index (χ0n) is 12.3. The van der Waals surface area contributed by atoms with Crippen LogP contribution in [0.1, 0.15) is 12.0 Å². The molecule has 0 radical (unpaired) electrons. The molecule has 0 aliphatic carbocycles. The molecule has 0 fully saturated rings. The summed E-state index contributed by atoms with van der Waals surface area (Å²) in [6, 6.07) is 17.1. The van der Waals surface area contributed by atoms with E-state index in [1.54, 1.807) is 0 Å². The average molecular weight is 318 g/mol. The first-order valence-electron chi connectivity index (χ1n) is 6.92. The van der Waals surface area contributed by atoms with E-state index in [9.17, 15) is 13.2 Å². The fourth-order valence-corrected chi connectivity index (χ4v) is 3.34. The molecule has 0 amide bonds. The second-order valence-electron chi connectivity index (χ2n) is 5.28. The zero-order valence-corrected chi connectivity index (χ0v) is 13.1. The summed E-state index contributed by atoms with van der Waals surface area (Å²) in [6.07, 6.45) is 0.893. The van der Waals surface area contributed by atoms with E-state index >= 15 is 0 Å². The summed E-state index contributed by atoms with van der Waals surface area (Å²) < 4.78 is 23.7. The lowest BCUT2D eigenvalue weighted by atomic mass is 9.96. The number of rotatable bonds is 6. The van der Waals surface area contributed by atoms with Crippen molar-refractivity contribution in [2.24, 2.45) is 0 Å². The Morgan fingerprint density at radius 3 is 2.23 bits per heavy atom. The highest BCUT2D eigenvalue weighted by atomic mass is 32.2. The van der Waals surface area contributed by atoms with E-state index in [1.165, 1.54) is 0 Å². The lowest BCUT2D eigenvalue weighted by molar-refractivity contribution is -0.137. The number of benzene rings is 2. The van der Waals surface area contributed by atoms with Gasteiger partial charge in [0, 0.05) is 6.26 Å². The topological polar surface area (TPSA) is 71.4 Å². The number of hydrogen-bond donors (Lipinski definition) is 1. The summed E-state index contributed by atoms with van der Waals surface area (Å²) >= 11 is 0. The summed E-state index contributed by atoms with van der Waals surface area (Å²) in [4.78, 5) is 10.9. The molecule has 5 heteroatoms. The maximum atomic E-state index is 11.9.